The number of H-pyrrole nitrogens is 1. The minimum atomic E-state index is 0.165. The van der Waals surface area contributed by atoms with Crippen LogP contribution in [0.15, 0.2) is 6.20 Å². The molecule has 1 aliphatic rings. The number of nitrogens with one attached hydrogen (secondary N) is 2. The topological polar surface area (TPSA) is 57.8 Å². The molecule has 94 valence electrons. The first-order chi connectivity index (χ1) is 8.24. The highest BCUT2D eigenvalue weighted by Crippen LogP contribution is 2.19. The van der Waals surface area contributed by atoms with Gasteiger partial charge in [0.1, 0.15) is 0 Å². The van der Waals surface area contributed by atoms with Gasteiger partial charge < -0.3 is 5.32 Å². The summed E-state index contributed by atoms with van der Waals surface area (Å²) >= 11 is 0. The van der Waals surface area contributed by atoms with Gasteiger partial charge in [-0.15, -0.1) is 0 Å². The van der Waals surface area contributed by atoms with Gasteiger partial charge in [0.05, 0.1) is 6.20 Å². The number of aromatic amines is 1. The minimum Gasteiger partial charge on any atom is -0.353 e. The zero-order chi connectivity index (χ0) is 12.3. The molecule has 0 fully saturated rings. The molecule has 2 N–H and O–H groups in total. The van der Waals surface area contributed by atoms with Crippen LogP contribution in [0.4, 0.5) is 0 Å². The van der Waals surface area contributed by atoms with E-state index in [1.165, 1.54) is 11.3 Å². The van der Waals surface area contributed by atoms with Gasteiger partial charge in [0.25, 0.3) is 0 Å². The van der Waals surface area contributed by atoms with E-state index in [-0.39, 0.29) is 17.9 Å². The molecule has 0 bridgehead atoms. The maximum atomic E-state index is 12.0. The summed E-state index contributed by atoms with van der Waals surface area (Å²) in [5, 5.41) is 10.2. The van der Waals surface area contributed by atoms with Crippen LogP contribution in [0.3, 0.4) is 0 Å². The molecule has 2 rings (SSSR count). The fourth-order valence-corrected chi connectivity index (χ4v) is 2.51. The predicted octanol–water partition coefficient (Wildman–Crippen LogP) is 1.82. The van der Waals surface area contributed by atoms with Crippen molar-refractivity contribution in [3.8, 4) is 0 Å². The highest BCUT2D eigenvalue weighted by Gasteiger charge is 2.23. The van der Waals surface area contributed by atoms with E-state index in [1.807, 2.05) is 6.20 Å². The lowest BCUT2D eigenvalue weighted by Crippen LogP contribution is -2.41. The highest BCUT2D eigenvalue weighted by atomic mass is 16.1. The second-order valence-electron chi connectivity index (χ2n) is 4.84. The lowest BCUT2D eigenvalue weighted by Gasteiger charge is -2.24. The normalized spacial score (nSPS) is 19.1. The molecule has 0 aromatic carbocycles. The molecule has 0 spiro atoms. The number of rotatable bonds is 4. The number of carbonyl (C=O) groups is 1. The van der Waals surface area contributed by atoms with Crippen LogP contribution in [0.25, 0.3) is 0 Å². The van der Waals surface area contributed by atoms with E-state index in [2.05, 4.69) is 29.4 Å². The number of amides is 1. The van der Waals surface area contributed by atoms with Crippen LogP contribution in [0.2, 0.25) is 0 Å². The average Bonchev–Trinajstić information content (AvgIpc) is 2.77. The van der Waals surface area contributed by atoms with E-state index < -0.39 is 0 Å². The number of nitrogens with zero attached hydrogens (tertiary/aromatic N) is 1. The molecule has 1 aliphatic carbocycles. The largest absolute Gasteiger partial charge is 0.353 e. The maximum absolute atomic E-state index is 12.0. The summed E-state index contributed by atoms with van der Waals surface area (Å²) in [4.78, 5) is 12.0. The Hall–Kier alpha value is -1.32. The number of hydrogen-bond acceptors (Lipinski definition) is 2. The van der Waals surface area contributed by atoms with Crippen LogP contribution in [-0.4, -0.2) is 22.1 Å². The van der Waals surface area contributed by atoms with Gasteiger partial charge in [-0.3, -0.25) is 9.89 Å². The Kier molecular flexibility index (Phi) is 3.82. The monoisotopic (exact) mass is 235 g/mol. The molecule has 4 nitrogen and oxygen atoms in total. The Morgan fingerprint density at radius 2 is 2.35 bits per heavy atom. The summed E-state index contributed by atoms with van der Waals surface area (Å²) < 4.78 is 0. The van der Waals surface area contributed by atoms with E-state index in [4.69, 9.17) is 0 Å². The molecule has 1 atom stereocenters. The van der Waals surface area contributed by atoms with Crippen molar-refractivity contribution >= 4 is 5.91 Å². The predicted molar refractivity (Wildman–Crippen MR) is 66.6 cm³/mol. The van der Waals surface area contributed by atoms with Crippen LogP contribution in [0.1, 0.15) is 44.4 Å². The van der Waals surface area contributed by atoms with Crippen LogP contribution in [0, 0.1) is 5.92 Å². The summed E-state index contributed by atoms with van der Waals surface area (Å²) in [6.45, 7) is 4.14. The molecule has 0 saturated heterocycles. The minimum absolute atomic E-state index is 0.165. The zero-order valence-corrected chi connectivity index (χ0v) is 10.6. The van der Waals surface area contributed by atoms with E-state index in [9.17, 15) is 4.79 Å². The molecular weight excluding hydrogens is 214 g/mol. The number of aryl methyl sites for hydroxylation is 1. The fourth-order valence-electron chi connectivity index (χ4n) is 2.51. The molecule has 17 heavy (non-hydrogen) atoms. The number of hydrogen-bond donors (Lipinski definition) is 2. The second-order valence-corrected chi connectivity index (χ2v) is 4.84. The van der Waals surface area contributed by atoms with Crippen molar-refractivity contribution in [1.29, 1.82) is 0 Å². The molecule has 1 aromatic rings. The third-order valence-electron chi connectivity index (χ3n) is 3.72. The van der Waals surface area contributed by atoms with E-state index >= 15 is 0 Å². The van der Waals surface area contributed by atoms with Gasteiger partial charge in [0, 0.05) is 24.1 Å². The maximum Gasteiger partial charge on any atom is 0.223 e. The summed E-state index contributed by atoms with van der Waals surface area (Å²) in [6.07, 6.45) is 6.67. The van der Waals surface area contributed by atoms with Crippen molar-refractivity contribution in [2.75, 3.05) is 0 Å². The average molecular weight is 235 g/mol. The number of fused-ring (bicyclic) bond motifs is 1. The summed E-state index contributed by atoms with van der Waals surface area (Å²) in [5.74, 6) is 0.376. The molecule has 0 aliphatic heterocycles. The standard InChI is InChI=1S/C13H21N3O/c1-3-9(4-2)13(17)15-11-6-5-10-8-14-16-12(10)7-11/h8-9,11H,3-7H2,1-2H3,(H,14,16)(H,15,17). The van der Waals surface area contributed by atoms with Crippen molar-refractivity contribution in [2.24, 2.45) is 5.92 Å². The van der Waals surface area contributed by atoms with Gasteiger partial charge in [-0.2, -0.15) is 5.10 Å². The van der Waals surface area contributed by atoms with E-state index in [0.717, 1.165) is 32.1 Å². The fraction of sp³-hybridized carbons (Fsp3) is 0.692. The number of aromatic nitrogens is 2. The van der Waals surface area contributed by atoms with Gasteiger partial charge in [0.15, 0.2) is 0 Å². The summed E-state index contributed by atoms with van der Waals surface area (Å²) in [7, 11) is 0. The lowest BCUT2D eigenvalue weighted by molar-refractivity contribution is -0.126. The molecule has 0 radical (unpaired) electrons. The summed E-state index contributed by atoms with van der Waals surface area (Å²) in [5.41, 5.74) is 2.49. The van der Waals surface area contributed by atoms with Gasteiger partial charge in [-0.1, -0.05) is 13.8 Å². The first-order valence-corrected chi connectivity index (χ1v) is 6.56. The smallest absolute Gasteiger partial charge is 0.223 e. The van der Waals surface area contributed by atoms with Gasteiger partial charge in [-0.25, -0.2) is 0 Å². The molecule has 0 saturated carbocycles. The zero-order valence-electron chi connectivity index (χ0n) is 10.6. The lowest BCUT2D eigenvalue weighted by atomic mass is 9.93. The van der Waals surface area contributed by atoms with Crippen molar-refractivity contribution in [3.05, 3.63) is 17.5 Å². The SMILES string of the molecule is CCC(CC)C(=O)NC1CCc2cn[nH]c2C1. The van der Waals surface area contributed by atoms with Crippen molar-refractivity contribution < 1.29 is 4.79 Å². The number of carbonyl (C=O) groups excluding carboxylic acids is 1. The first-order valence-electron chi connectivity index (χ1n) is 6.56. The highest BCUT2D eigenvalue weighted by molar-refractivity contribution is 5.78. The molecule has 1 amide bonds. The van der Waals surface area contributed by atoms with Crippen LogP contribution >= 0.6 is 0 Å². The quantitative estimate of drug-likeness (QED) is 0.836. The van der Waals surface area contributed by atoms with Crippen LogP contribution in [-0.2, 0) is 17.6 Å². The Balaban J connectivity index is 1.91. The first kappa shape index (κ1) is 12.1. The van der Waals surface area contributed by atoms with Crippen molar-refractivity contribution in [2.45, 2.75) is 52.0 Å². The Bertz CT molecular complexity index is 382. The van der Waals surface area contributed by atoms with E-state index in [1.54, 1.807) is 0 Å². The van der Waals surface area contributed by atoms with Gasteiger partial charge in [-0.05, 0) is 31.2 Å². The second kappa shape index (κ2) is 5.34. The molecular formula is C13H21N3O. The van der Waals surface area contributed by atoms with Gasteiger partial charge >= 0.3 is 0 Å². The van der Waals surface area contributed by atoms with Crippen molar-refractivity contribution in [3.63, 3.8) is 0 Å². The van der Waals surface area contributed by atoms with Gasteiger partial charge in [0.2, 0.25) is 5.91 Å². The van der Waals surface area contributed by atoms with E-state index in [0.29, 0.717) is 0 Å². The van der Waals surface area contributed by atoms with Crippen LogP contribution < -0.4 is 5.32 Å². The third-order valence-corrected chi connectivity index (χ3v) is 3.72. The summed E-state index contributed by atoms with van der Waals surface area (Å²) in [6, 6.07) is 0.274. The Labute approximate surface area is 102 Å². The Morgan fingerprint density at radius 1 is 1.59 bits per heavy atom. The van der Waals surface area contributed by atoms with Crippen LogP contribution in [0.5, 0.6) is 0 Å². The van der Waals surface area contributed by atoms with Crippen molar-refractivity contribution in [1.82, 2.24) is 15.5 Å². The third kappa shape index (κ3) is 2.68. The molecule has 1 aromatic heterocycles. The Morgan fingerprint density at radius 3 is 3.06 bits per heavy atom. The molecule has 4 heteroatoms. The molecule has 1 heterocycles. The molecule has 1 unspecified atom stereocenters.